The summed E-state index contributed by atoms with van der Waals surface area (Å²) in [5.41, 5.74) is 2.35. The fraction of sp³-hybridized carbons (Fsp3) is 0.296. The molecule has 5 rings (SSSR count). The second-order valence-corrected chi connectivity index (χ2v) is 8.88. The van der Waals surface area contributed by atoms with Crippen molar-refractivity contribution in [2.75, 3.05) is 25.6 Å². The molecule has 3 aromatic heterocycles. The number of carbonyl (C=O) groups excluding carboxylic acids is 1. The molecule has 1 aliphatic heterocycles. The number of halogens is 1. The number of H-pyrrole nitrogens is 1. The predicted octanol–water partition coefficient (Wildman–Crippen LogP) is 4.39. The van der Waals surface area contributed by atoms with Gasteiger partial charge in [0.15, 0.2) is 17.3 Å². The van der Waals surface area contributed by atoms with Gasteiger partial charge in [0.2, 0.25) is 5.78 Å². The molecule has 37 heavy (non-hydrogen) atoms. The van der Waals surface area contributed by atoms with Crippen LogP contribution in [-0.4, -0.2) is 58.3 Å². The summed E-state index contributed by atoms with van der Waals surface area (Å²) in [5, 5.41) is 13.4. The van der Waals surface area contributed by atoms with Crippen LogP contribution in [0.4, 0.5) is 10.1 Å². The highest BCUT2D eigenvalue weighted by molar-refractivity contribution is 6.18. The number of fused-ring (bicyclic) bond motifs is 1. The molecular formula is C27H27FN4O5. The maximum Gasteiger partial charge on any atom is 0.213 e. The Kier molecular flexibility index (Phi) is 7.02. The van der Waals surface area contributed by atoms with Crippen molar-refractivity contribution in [1.82, 2.24) is 15.0 Å². The van der Waals surface area contributed by atoms with E-state index in [1.54, 1.807) is 44.6 Å². The number of pyridine rings is 2. The van der Waals surface area contributed by atoms with Gasteiger partial charge in [-0.05, 0) is 43.5 Å². The van der Waals surface area contributed by atoms with Crippen LogP contribution in [0.5, 0.6) is 17.2 Å². The van der Waals surface area contributed by atoms with Crippen LogP contribution in [0.25, 0.3) is 11.0 Å². The molecule has 9 nitrogen and oxygen atoms in total. The van der Waals surface area contributed by atoms with Crippen LogP contribution in [0.15, 0.2) is 48.9 Å². The molecule has 1 saturated heterocycles. The Morgan fingerprint density at radius 1 is 1.24 bits per heavy atom. The Balaban J connectivity index is 1.46. The number of aromatic amines is 1. The molecule has 2 atom stereocenters. The Labute approximate surface area is 212 Å². The first-order valence-corrected chi connectivity index (χ1v) is 11.9. The van der Waals surface area contributed by atoms with Gasteiger partial charge in [-0.25, -0.2) is 14.4 Å². The monoisotopic (exact) mass is 506 g/mol. The van der Waals surface area contributed by atoms with Gasteiger partial charge in [-0.1, -0.05) is 12.1 Å². The zero-order valence-electron chi connectivity index (χ0n) is 20.5. The van der Waals surface area contributed by atoms with Crippen molar-refractivity contribution >= 4 is 22.5 Å². The van der Waals surface area contributed by atoms with Crippen LogP contribution in [-0.2, 0) is 4.74 Å². The highest BCUT2D eigenvalue weighted by Gasteiger charge is 2.26. The summed E-state index contributed by atoms with van der Waals surface area (Å²) < 4.78 is 30.9. The van der Waals surface area contributed by atoms with Gasteiger partial charge < -0.3 is 29.6 Å². The minimum Gasteiger partial charge on any atom is -0.493 e. The topological polar surface area (TPSA) is 119 Å². The first-order valence-electron chi connectivity index (χ1n) is 11.9. The number of nitrogens with one attached hydrogen (secondary N) is 2. The number of benzene rings is 1. The number of methoxy groups -OCH3 is 1. The van der Waals surface area contributed by atoms with E-state index in [9.17, 15) is 14.3 Å². The fourth-order valence-corrected chi connectivity index (χ4v) is 4.45. The van der Waals surface area contributed by atoms with E-state index in [1.165, 1.54) is 18.3 Å². The van der Waals surface area contributed by atoms with Crippen LogP contribution >= 0.6 is 0 Å². The third-order valence-corrected chi connectivity index (χ3v) is 6.39. The number of anilines is 1. The molecule has 3 N–H and O–H groups in total. The lowest BCUT2D eigenvalue weighted by molar-refractivity contribution is -0.0223. The standard InChI is InChI=1S/C27H27FN4O5/c1-15-9-18(37-21-6-4-3-5-20(21)28)10-29-24(15)26(34)19-11-30-27-23(19)25(22(35-2)12-31-27)32-16-7-8-17(13-33)36-14-16/h3-6,9-12,16-17,33H,7-8,13-14H2,1-2H3,(H2,30,31,32)/t16-,17+/m1/s1. The van der Waals surface area contributed by atoms with Crippen LogP contribution in [0.1, 0.15) is 34.5 Å². The Morgan fingerprint density at radius 3 is 2.78 bits per heavy atom. The van der Waals surface area contributed by atoms with E-state index in [4.69, 9.17) is 14.2 Å². The van der Waals surface area contributed by atoms with E-state index in [2.05, 4.69) is 20.3 Å². The quantitative estimate of drug-likeness (QED) is 0.301. The van der Waals surface area contributed by atoms with E-state index >= 15 is 0 Å². The molecule has 4 heterocycles. The second kappa shape index (κ2) is 10.5. The Hall–Kier alpha value is -4.02. The van der Waals surface area contributed by atoms with E-state index in [0.29, 0.717) is 52.4 Å². The minimum absolute atomic E-state index is 0.0114. The summed E-state index contributed by atoms with van der Waals surface area (Å²) >= 11 is 0. The number of hydrogen-bond donors (Lipinski definition) is 3. The Morgan fingerprint density at radius 2 is 2.08 bits per heavy atom. The SMILES string of the molecule is COc1cnc2[nH]cc(C(=O)c3ncc(Oc4ccccc4F)cc3C)c2c1N[C@@H]1CC[C@@H](CO)OC1. The zero-order chi connectivity index (χ0) is 25.9. The summed E-state index contributed by atoms with van der Waals surface area (Å²) in [4.78, 5) is 25.5. The number of carbonyl (C=O) groups is 1. The molecule has 0 bridgehead atoms. The van der Waals surface area contributed by atoms with Crippen LogP contribution in [0.2, 0.25) is 0 Å². The lowest BCUT2D eigenvalue weighted by atomic mass is 10.0. The maximum absolute atomic E-state index is 14.0. The van der Waals surface area contributed by atoms with E-state index in [0.717, 1.165) is 6.42 Å². The zero-order valence-corrected chi connectivity index (χ0v) is 20.5. The number of rotatable bonds is 8. The first-order chi connectivity index (χ1) is 18.0. The highest BCUT2D eigenvalue weighted by Crippen LogP contribution is 2.36. The predicted molar refractivity (Wildman–Crippen MR) is 135 cm³/mol. The van der Waals surface area contributed by atoms with Gasteiger partial charge in [0.05, 0.1) is 55.5 Å². The van der Waals surface area contributed by atoms with Gasteiger partial charge >= 0.3 is 0 Å². The average molecular weight is 507 g/mol. The number of para-hydroxylation sites is 1. The summed E-state index contributed by atoms with van der Waals surface area (Å²) in [7, 11) is 1.54. The number of aromatic nitrogens is 3. The molecule has 0 amide bonds. The molecule has 0 spiro atoms. The van der Waals surface area contributed by atoms with Crippen molar-refractivity contribution in [1.29, 1.82) is 0 Å². The number of ether oxygens (including phenoxy) is 3. The van der Waals surface area contributed by atoms with Crippen LogP contribution < -0.4 is 14.8 Å². The minimum atomic E-state index is -0.490. The van der Waals surface area contributed by atoms with Gasteiger partial charge in [-0.15, -0.1) is 0 Å². The number of aryl methyl sites for hydroxylation is 1. The molecule has 0 aliphatic carbocycles. The highest BCUT2D eigenvalue weighted by atomic mass is 19.1. The number of hydrogen-bond acceptors (Lipinski definition) is 8. The molecule has 1 aromatic carbocycles. The Bertz CT molecular complexity index is 1430. The van der Waals surface area contributed by atoms with Gasteiger partial charge in [0.1, 0.15) is 17.1 Å². The van der Waals surface area contributed by atoms with E-state index < -0.39 is 5.82 Å². The summed E-state index contributed by atoms with van der Waals surface area (Å²) in [6.07, 6.45) is 5.93. The van der Waals surface area contributed by atoms with Crippen molar-refractivity contribution in [3.8, 4) is 17.2 Å². The molecule has 4 aromatic rings. The summed E-state index contributed by atoms with van der Waals surface area (Å²) in [5.74, 6) is 0.0895. The van der Waals surface area contributed by atoms with E-state index in [1.807, 2.05) is 0 Å². The molecule has 1 aliphatic rings. The summed E-state index contributed by atoms with van der Waals surface area (Å²) in [6.45, 7) is 2.15. The van der Waals surface area contributed by atoms with Crippen molar-refractivity contribution in [3.05, 3.63) is 71.6 Å². The molecule has 0 radical (unpaired) electrons. The van der Waals surface area contributed by atoms with Crippen molar-refractivity contribution in [2.45, 2.75) is 31.9 Å². The number of ketones is 1. The molecule has 0 saturated carbocycles. The average Bonchev–Trinajstić information content (AvgIpc) is 3.35. The van der Waals surface area contributed by atoms with Crippen molar-refractivity contribution < 1.29 is 28.5 Å². The van der Waals surface area contributed by atoms with Gasteiger partial charge in [0.25, 0.3) is 0 Å². The summed E-state index contributed by atoms with van der Waals surface area (Å²) in [6, 6.07) is 7.70. The van der Waals surface area contributed by atoms with Gasteiger partial charge in [-0.2, -0.15) is 0 Å². The lowest BCUT2D eigenvalue weighted by Gasteiger charge is -2.29. The van der Waals surface area contributed by atoms with Crippen LogP contribution in [0, 0.1) is 12.7 Å². The molecule has 1 fully saturated rings. The van der Waals surface area contributed by atoms with Crippen molar-refractivity contribution in [2.24, 2.45) is 0 Å². The normalized spacial score (nSPS) is 17.5. The van der Waals surface area contributed by atoms with Gasteiger partial charge in [0, 0.05) is 12.2 Å². The number of nitrogens with zero attached hydrogens (tertiary/aromatic N) is 2. The van der Waals surface area contributed by atoms with Gasteiger partial charge in [-0.3, -0.25) is 4.79 Å². The third kappa shape index (κ3) is 4.98. The lowest BCUT2D eigenvalue weighted by Crippen LogP contribution is -2.36. The smallest absolute Gasteiger partial charge is 0.213 e. The van der Waals surface area contributed by atoms with Crippen molar-refractivity contribution in [3.63, 3.8) is 0 Å². The second-order valence-electron chi connectivity index (χ2n) is 8.88. The van der Waals surface area contributed by atoms with E-state index in [-0.39, 0.29) is 36.0 Å². The number of aliphatic hydroxyl groups is 1. The third-order valence-electron chi connectivity index (χ3n) is 6.39. The first kappa shape index (κ1) is 24.7. The number of aliphatic hydroxyl groups excluding tert-OH is 1. The fourth-order valence-electron chi connectivity index (χ4n) is 4.45. The molecule has 192 valence electrons. The molecule has 10 heteroatoms. The largest absolute Gasteiger partial charge is 0.493 e. The van der Waals surface area contributed by atoms with Crippen LogP contribution in [0.3, 0.4) is 0 Å². The molecule has 0 unspecified atom stereocenters. The maximum atomic E-state index is 14.0. The molecular weight excluding hydrogens is 479 g/mol.